The highest BCUT2D eigenvalue weighted by Gasteiger charge is 2.38. The molecule has 36 heavy (non-hydrogen) atoms. The summed E-state index contributed by atoms with van der Waals surface area (Å²) >= 11 is 0. The molecule has 4 rings (SSSR count). The van der Waals surface area contributed by atoms with Crippen molar-refractivity contribution in [3.63, 3.8) is 0 Å². The maximum atomic E-state index is 13.4. The molecule has 2 aromatic heterocycles. The summed E-state index contributed by atoms with van der Waals surface area (Å²) in [6.07, 6.45) is -5.33. The first-order valence-electron chi connectivity index (χ1n) is 11.2. The largest absolute Gasteiger partial charge is 0.480 e. The number of aliphatic hydroxyl groups is 1. The highest BCUT2D eigenvalue weighted by atomic mass is 19.4. The fourth-order valence-electron chi connectivity index (χ4n) is 3.74. The molecule has 0 radical (unpaired) electrons. The average Bonchev–Trinajstić information content (AvgIpc) is 3.16. The minimum atomic E-state index is -4.64. The van der Waals surface area contributed by atoms with Gasteiger partial charge < -0.3 is 14.6 Å². The van der Waals surface area contributed by atoms with Gasteiger partial charge in [-0.05, 0) is 62.4 Å². The van der Waals surface area contributed by atoms with E-state index in [9.17, 15) is 23.1 Å². The topological polar surface area (TPSA) is 91.4 Å². The van der Waals surface area contributed by atoms with E-state index in [2.05, 4.69) is 10.1 Å². The predicted molar refractivity (Wildman–Crippen MR) is 127 cm³/mol. The summed E-state index contributed by atoms with van der Waals surface area (Å²) < 4.78 is 54.0. The smallest absolute Gasteiger partial charge is 0.425 e. The number of ether oxygens (including phenoxy) is 2. The van der Waals surface area contributed by atoms with Gasteiger partial charge in [-0.1, -0.05) is 12.1 Å². The Morgan fingerprint density at radius 2 is 1.86 bits per heavy atom. The van der Waals surface area contributed by atoms with Crippen molar-refractivity contribution in [2.24, 2.45) is 0 Å². The van der Waals surface area contributed by atoms with Crippen molar-refractivity contribution in [1.82, 2.24) is 19.3 Å². The first kappa shape index (κ1) is 25.2. The van der Waals surface area contributed by atoms with E-state index in [0.717, 1.165) is 22.7 Å². The molecule has 2 aromatic carbocycles. The zero-order valence-electron chi connectivity index (χ0n) is 20.1. The molecule has 1 atom stereocenters. The van der Waals surface area contributed by atoms with Crippen molar-refractivity contribution < 1.29 is 27.8 Å². The van der Waals surface area contributed by atoms with Crippen LogP contribution in [0.1, 0.15) is 30.8 Å². The van der Waals surface area contributed by atoms with Crippen LogP contribution in [0.15, 0.2) is 47.4 Å². The summed E-state index contributed by atoms with van der Waals surface area (Å²) in [6.45, 7) is 6.13. The van der Waals surface area contributed by atoms with E-state index in [1.165, 1.54) is 16.8 Å². The molecular formula is C25H25F3N4O4. The third-order valence-electron chi connectivity index (χ3n) is 5.73. The van der Waals surface area contributed by atoms with Crippen molar-refractivity contribution in [3.05, 3.63) is 70.0 Å². The Kier molecular flexibility index (Phi) is 6.77. The van der Waals surface area contributed by atoms with Crippen LogP contribution in [0.4, 0.5) is 13.2 Å². The molecule has 0 spiro atoms. The van der Waals surface area contributed by atoms with E-state index in [4.69, 9.17) is 9.47 Å². The van der Waals surface area contributed by atoms with Gasteiger partial charge in [0.15, 0.2) is 11.9 Å². The minimum absolute atomic E-state index is 0.0552. The first-order valence-corrected chi connectivity index (χ1v) is 11.2. The molecule has 0 bridgehead atoms. The van der Waals surface area contributed by atoms with Crippen LogP contribution in [0.5, 0.6) is 17.4 Å². The van der Waals surface area contributed by atoms with E-state index in [1.54, 1.807) is 25.1 Å². The number of aromatic nitrogens is 4. The van der Waals surface area contributed by atoms with Crippen molar-refractivity contribution in [3.8, 4) is 23.1 Å². The van der Waals surface area contributed by atoms with E-state index >= 15 is 0 Å². The van der Waals surface area contributed by atoms with Crippen LogP contribution in [0.2, 0.25) is 0 Å². The van der Waals surface area contributed by atoms with E-state index < -0.39 is 24.6 Å². The van der Waals surface area contributed by atoms with Gasteiger partial charge in [0.1, 0.15) is 18.1 Å². The van der Waals surface area contributed by atoms with Gasteiger partial charge in [-0.25, -0.2) is 9.78 Å². The highest BCUT2D eigenvalue weighted by Crippen LogP contribution is 2.39. The summed E-state index contributed by atoms with van der Waals surface area (Å²) in [5.41, 5.74) is 1.38. The molecule has 0 aliphatic rings. The van der Waals surface area contributed by atoms with Crippen molar-refractivity contribution in [1.29, 1.82) is 0 Å². The SMILES string of the molecule is CCn1c(CO)nn(-c2cc(O[C@@H](C)C(F)(F)F)c3c(Oc4cc(C)ccc4C)nccc3c2)c1=O. The van der Waals surface area contributed by atoms with Crippen molar-refractivity contribution in [2.45, 2.75) is 53.1 Å². The second kappa shape index (κ2) is 9.65. The Morgan fingerprint density at radius 3 is 2.50 bits per heavy atom. The molecule has 0 aliphatic heterocycles. The summed E-state index contributed by atoms with van der Waals surface area (Å²) in [5.74, 6) is 0.505. The lowest BCUT2D eigenvalue weighted by Crippen LogP contribution is -2.31. The molecule has 0 saturated carbocycles. The van der Waals surface area contributed by atoms with E-state index in [0.29, 0.717) is 11.1 Å². The second-order valence-corrected chi connectivity index (χ2v) is 8.34. The Balaban J connectivity index is 1.94. The Bertz CT molecular complexity index is 1480. The van der Waals surface area contributed by atoms with Crippen LogP contribution in [0.25, 0.3) is 16.5 Å². The van der Waals surface area contributed by atoms with Crippen LogP contribution >= 0.6 is 0 Å². The summed E-state index contributed by atoms with van der Waals surface area (Å²) in [5, 5.41) is 14.4. The third-order valence-corrected chi connectivity index (χ3v) is 5.73. The number of pyridine rings is 1. The molecule has 190 valence electrons. The second-order valence-electron chi connectivity index (χ2n) is 8.34. The number of benzene rings is 2. The van der Waals surface area contributed by atoms with Gasteiger partial charge in [-0.2, -0.15) is 17.9 Å². The molecule has 8 nitrogen and oxygen atoms in total. The van der Waals surface area contributed by atoms with Crippen LogP contribution < -0.4 is 15.2 Å². The number of halogens is 3. The van der Waals surface area contributed by atoms with Crippen LogP contribution in [-0.2, 0) is 13.2 Å². The lowest BCUT2D eigenvalue weighted by Gasteiger charge is -2.20. The molecular weight excluding hydrogens is 477 g/mol. The Morgan fingerprint density at radius 1 is 1.11 bits per heavy atom. The Labute approximate surface area is 204 Å². The quantitative estimate of drug-likeness (QED) is 0.389. The van der Waals surface area contributed by atoms with Gasteiger partial charge in [0.05, 0.1) is 11.1 Å². The minimum Gasteiger partial charge on any atom is -0.480 e. The van der Waals surface area contributed by atoms with Crippen molar-refractivity contribution in [2.75, 3.05) is 0 Å². The lowest BCUT2D eigenvalue weighted by molar-refractivity contribution is -0.189. The maximum Gasteiger partial charge on any atom is 0.425 e. The van der Waals surface area contributed by atoms with E-state index in [-0.39, 0.29) is 35.1 Å². The van der Waals surface area contributed by atoms with Gasteiger partial charge in [-0.3, -0.25) is 4.57 Å². The van der Waals surface area contributed by atoms with Crippen LogP contribution in [0, 0.1) is 13.8 Å². The van der Waals surface area contributed by atoms with Gasteiger partial charge in [0.2, 0.25) is 5.88 Å². The molecule has 0 unspecified atom stereocenters. The number of rotatable bonds is 7. The van der Waals surface area contributed by atoms with Crippen LogP contribution in [0.3, 0.4) is 0 Å². The molecule has 1 N–H and O–H groups in total. The molecule has 0 saturated heterocycles. The van der Waals surface area contributed by atoms with Crippen LogP contribution in [-0.4, -0.2) is 36.7 Å². The number of hydrogen-bond donors (Lipinski definition) is 1. The molecule has 2 heterocycles. The van der Waals surface area contributed by atoms with Gasteiger partial charge in [0, 0.05) is 18.8 Å². The summed E-state index contributed by atoms with van der Waals surface area (Å²) in [6, 6.07) is 10.0. The summed E-state index contributed by atoms with van der Waals surface area (Å²) in [4.78, 5) is 17.1. The first-order chi connectivity index (χ1) is 17.0. The molecule has 4 aromatic rings. The predicted octanol–water partition coefficient (Wildman–Crippen LogP) is 4.83. The van der Waals surface area contributed by atoms with Gasteiger partial charge in [0.25, 0.3) is 0 Å². The number of fused-ring (bicyclic) bond motifs is 1. The summed E-state index contributed by atoms with van der Waals surface area (Å²) in [7, 11) is 0. The Hall–Kier alpha value is -3.86. The fraction of sp³-hybridized carbons (Fsp3) is 0.320. The fourth-order valence-corrected chi connectivity index (χ4v) is 3.74. The molecule has 11 heteroatoms. The number of nitrogens with zero attached hydrogens (tertiary/aromatic N) is 4. The zero-order valence-corrected chi connectivity index (χ0v) is 20.1. The zero-order chi connectivity index (χ0) is 26.2. The molecule has 0 fully saturated rings. The van der Waals surface area contributed by atoms with E-state index in [1.807, 2.05) is 26.0 Å². The molecule has 0 aliphatic carbocycles. The standard InChI is InChI=1S/C25H25F3N4O4/c1-5-31-21(13-33)30-32(24(31)34)18-11-17-8-9-29-23(36-19-10-14(2)6-7-15(19)3)22(17)20(12-18)35-16(4)25(26,27)28/h6-12,16,33H,5,13H2,1-4H3/t16-/m0/s1. The third kappa shape index (κ3) is 4.78. The maximum absolute atomic E-state index is 13.4. The number of aliphatic hydroxyl groups excluding tert-OH is 1. The van der Waals surface area contributed by atoms with Gasteiger partial charge >= 0.3 is 11.9 Å². The number of alkyl halides is 3. The highest BCUT2D eigenvalue weighted by molar-refractivity contribution is 5.94. The normalized spacial score (nSPS) is 12.7. The lowest BCUT2D eigenvalue weighted by atomic mass is 10.1. The van der Waals surface area contributed by atoms with Crippen molar-refractivity contribution >= 4 is 10.8 Å². The number of aryl methyl sites for hydroxylation is 2. The number of hydrogen-bond acceptors (Lipinski definition) is 6. The van der Waals surface area contributed by atoms with Gasteiger partial charge in [-0.15, -0.1) is 5.10 Å². The average molecular weight is 502 g/mol. The monoisotopic (exact) mass is 502 g/mol. The molecule has 0 amide bonds.